The number of hydrogen-bond donors (Lipinski definition) is 4. The Morgan fingerprint density at radius 1 is 1.09 bits per heavy atom. The second-order valence-corrected chi connectivity index (χ2v) is 10.3. The second-order valence-electron chi connectivity index (χ2n) is 9.50. The summed E-state index contributed by atoms with van der Waals surface area (Å²) in [7, 11) is 0. The number of halogens is 2. The highest BCUT2D eigenvalue weighted by atomic mass is 35.5. The minimum absolute atomic E-state index is 0.0682. The zero-order valence-electron chi connectivity index (χ0n) is 19.3. The summed E-state index contributed by atoms with van der Waals surface area (Å²) < 4.78 is 2.06. The summed E-state index contributed by atoms with van der Waals surface area (Å²) in [6.07, 6.45) is 7.80. The molecule has 2 atom stereocenters. The molecule has 2 aliphatic carbocycles. The number of carbonyl (C=O) groups excluding carboxylic acids is 1. The van der Waals surface area contributed by atoms with Crippen LogP contribution in [-0.4, -0.2) is 42.7 Å². The Balaban J connectivity index is 1.51. The Morgan fingerprint density at radius 2 is 1.83 bits per heavy atom. The fourth-order valence-corrected chi connectivity index (χ4v) is 5.71. The van der Waals surface area contributed by atoms with E-state index in [1.807, 2.05) is 0 Å². The largest absolute Gasteiger partial charge is 0.393 e. The van der Waals surface area contributed by atoms with Gasteiger partial charge in [0.1, 0.15) is 5.52 Å². The van der Waals surface area contributed by atoms with Crippen LogP contribution in [0.1, 0.15) is 57.4 Å². The summed E-state index contributed by atoms with van der Waals surface area (Å²) in [5, 5.41) is 17.7. The predicted molar refractivity (Wildman–Crippen MR) is 137 cm³/mol. The lowest BCUT2D eigenvalue weighted by Gasteiger charge is -2.29. The first-order valence-corrected chi connectivity index (χ1v) is 12.8. The number of primary amides is 1. The summed E-state index contributed by atoms with van der Waals surface area (Å²) >= 11 is 12.8. The third kappa shape index (κ3) is 5.17. The number of nitrogens with zero attached hydrogens (tertiary/aromatic N) is 4. The molecule has 0 aliphatic heterocycles. The molecule has 2 saturated carbocycles. The van der Waals surface area contributed by atoms with Crippen molar-refractivity contribution in [1.29, 1.82) is 0 Å². The molecule has 3 aromatic rings. The van der Waals surface area contributed by atoms with Gasteiger partial charge in [-0.05, 0) is 63.5 Å². The van der Waals surface area contributed by atoms with E-state index in [2.05, 4.69) is 20.2 Å². The topological polar surface area (TPSA) is 131 Å². The Morgan fingerprint density at radius 3 is 2.51 bits per heavy atom. The molecule has 0 saturated heterocycles. The molecule has 2 heterocycles. The highest BCUT2D eigenvalue weighted by molar-refractivity contribution is 6.39. The average Bonchev–Trinajstić information content (AvgIpc) is 3.19. The van der Waals surface area contributed by atoms with Gasteiger partial charge in [0.05, 0.1) is 28.0 Å². The van der Waals surface area contributed by atoms with Gasteiger partial charge in [-0.15, -0.1) is 0 Å². The van der Waals surface area contributed by atoms with Gasteiger partial charge in [0.25, 0.3) is 0 Å². The lowest BCUT2D eigenvalue weighted by molar-refractivity contribution is -0.122. The van der Waals surface area contributed by atoms with Crippen LogP contribution >= 0.6 is 23.2 Å². The van der Waals surface area contributed by atoms with Gasteiger partial charge in [-0.2, -0.15) is 4.98 Å². The molecule has 5 N–H and O–H groups in total. The van der Waals surface area contributed by atoms with Crippen molar-refractivity contribution in [2.45, 2.75) is 69.6 Å². The van der Waals surface area contributed by atoms with Gasteiger partial charge in [0.15, 0.2) is 5.65 Å². The second kappa shape index (κ2) is 10.2. The number of aliphatic hydroxyl groups is 1. The number of para-hydroxylation sites is 1. The Kier molecular flexibility index (Phi) is 7.00. The van der Waals surface area contributed by atoms with E-state index in [-0.39, 0.29) is 30.0 Å². The van der Waals surface area contributed by atoms with E-state index in [0.29, 0.717) is 58.1 Å². The maximum atomic E-state index is 11.7. The van der Waals surface area contributed by atoms with Crippen molar-refractivity contribution < 1.29 is 9.90 Å². The lowest BCUT2D eigenvalue weighted by Crippen LogP contribution is -2.30. The zero-order valence-corrected chi connectivity index (χ0v) is 20.8. The van der Waals surface area contributed by atoms with E-state index in [9.17, 15) is 9.90 Å². The molecule has 0 unspecified atom stereocenters. The number of anilines is 3. The average molecular weight is 518 g/mol. The minimum Gasteiger partial charge on any atom is -0.393 e. The summed E-state index contributed by atoms with van der Waals surface area (Å²) in [6, 6.07) is 5.51. The molecule has 2 aromatic heterocycles. The number of nitrogens with two attached hydrogens (primary N) is 1. The first-order valence-electron chi connectivity index (χ1n) is 12.1. The molecule has 2 aliphatic rings. The van der Waals surface area contributed by atoms with Crippen LogP contribution in [0.15, 0.2) is 24.4 Å². The lowest BCUT2D eigenvalue weighted by atomic mass is 9.85. The van der Waals surface area contributed by atoms with Crippen LogP contribution < -0.4 is 16.4 Å². The molecule has 9 nitrogen and oxygen atoms in total. The number of hydrogen-bond acceptors (Lipinski definition) is 7. The van der Waals surface area contributed by atoms with Gasteiger partial charge in [0.2, 0.25) is 17.8 Å². The Bertz CT molecular complexity index is 1210. The van der Waals surface area contributed by atoms with Gasteiger partial charge in [-0.3, -0.25) is 9.36 Å². The number of fused-ring (bicyclic) bond motifs is 1. The van der Waals surface area contributed by atoms with Gasteiger partial charge in [-0.1, -0.05) is 29.3 Å². The molecule has 1 aromatic carbocycles. The molecule has 0 bridgehead atoms. The number of aliphatic hydroxyl groups excluding tert-OH is 1. The molecule has 11 heteroatoms. The maximum absolute atomic E-state index is 11.7. The summed E-state index contributed by atoms with van der Waals surface area (Å²) in [6.45, 7) is 0. The van der Waals surface area contributed by atoms with Gasteiger partial charge < -0.3 is 21.5 Å². The molecular weight excluding hydrogens is 489 g/mol. The van der Waals surface area contributed by atoms with Crippen molar-refractivity contribution in [3.8, 4) is 0 Å². The molecule has 5 rings (SSSR count). The number of nitrogens with one attached hydrogen (secondary N) is 2. The van der Waals surface area contributed by atoms with Gasteiger partial charge >= 0.3 is 0 Å². The SMILES string of the molecule is NC(=O)[C@H]1CC[C@H](n2c(Nc3c(Cl)cccc3Cl)nc3cnc(N[C@H]4CCC[C@@H](O)C4)nc32)CC1. The highest BCUT2D eigenvalue weighted by Crippen LogP contribution is 2.39. The number of imidazole rings is 1. The highest BCUT2D eigenvalue weighted by Gasteiger charge is 2.30. The van der Waals surface area contributed by atoms with Crippen LogP contribution in [0.25, 0.3) is 11.2 Å². The smallest absolute Gasteiger partial charge is 0.224 e. The van der Waals surface area contributed by atoms with Crippen LogP contribution in [0.3, 0.4) is 0 Å². The van der Waals surface area contributed by atoms with Crippen LogP contribution in [0, 0.1) is 5.92 Å². The van der Waals surface area contributed by atoms with Crippen molar-refractivity contribution in [3.05, 3.63) is 34.4 Å². The third-order valence-electron chi connectivity index (χ3n) is 7.08. The Hall–Kier alpha value is -2.62. The maximum Gasteiger partial charge on any atom is 0.224 e. The Labute approximate surface area is 213 Å². The quantitative estimate of drug-likeness (QED) is 0.368. The standard InChI is InChI=1S/C24H29Cl2N7O2/c25-17-5-2-6-18(26)20(17)31-24-30-19-12-28-23(29-14-3-1-4-16(34)11-14)32-22(19)33(24)15-9-7-13(8-10-15)21(27)35/h2,5-6,12-16,34H,1,3-4,7-11H2,(H2,27,35)(H,30,31)(H,28,29,32)/t13-,14-,15-,16+/m0/s1. The van der Waals surface area contributed by atoms with Crippen LogP contribution in [0.4, 0.5) is 17.6 Å². The summed E-state index contributed by atoms with van der Waals surface area (Å²) in [5.41, 5.74) is 7.46. The van der Waals surface area contributed by atoms with Crippen molar-refractivity contribution in [2.24, 2.45) is 11.7 Å². The van der Waals surface area contributed by atoms with Crippen molar-refractivity contribution in [3.63, 3.8) is 0 Å². The molecule has 2 fully saturated rings. The molecule has 0 spiro atoms. The number of carbonyl (C=O) groups is 1. The first kappa shape index (κ1) is 24.1. The van der Waals surface area contributed by atoms with E-state index in [1.54, 1.807) is 24.4 Å². The van der Waals surface area contributed by atoms with Crippen molar-refractivity contribution in [1.82, 2.24) is 19.5 Å². The summed E-state index contributed by atoms with van der Waals surface area (Å²) in [5.74, 6) is 0.714. The minimum atomic E-state index is -0.299. The van der Waals surface area contributed by atoms with Gasteiger partial charge in [-0.25, -0.2) is 9.97 Å². The van der Waals surface area contributed by atoms with E-state index in [1.165, 1.54) is 0 Å². The first-order chi connectivity index (χ1) is 16.9. The van der Waals surface area contributed by atoms with Crippen LogP contribution in [0.2, 0.25) is 10.0 Å². The zero-order chi connectivity index (χ0) is 24.5. The normalized spacial score (nSPS) is 24.9. The summed E-state index contributed by atoms with van der Waals surface area (Å²) in [4.78, 5) is 25.8. The van der Waals surface area contributed by atoms with Crippen LogP contribution in [0.5, 0.6) is 0 Å². The number of benzene rings is 1. The monoisotopic (exact) mass is 517 g/mol. The number of amides is 1. The number of rotatable bonds is 6. The molecular formula is C24H29Cl2N7O2. The van der Waals surface area contributed by atoms with E-state index in [0.717, 1.165) is 32.1 Å². The fraction of sp³-hybridized carbons (Fsp3) is 0.500. The van der Waals surface area contributed by atoms with Crippen molar-refractivity contribution >= 4 is 57.9 Å². The molecule has 186 valence electrons. The van der Waals surface area contributed by atoms with Crippen LogP contribution in [-0.2, 0) is 4.79 Å². The third-order valence-corrected chi connectivity index (χ3v) is 7.71. The molecule has 1 amide bonds. The van der Waals surface area contributed by atoms with Crippen molar-refractivity contribution in [2.75, 3.05) is 10.6 Å². The molecule has 35 heavy (non-hydrogen) atoms. The number of aromatic nitrogens is 4. The van der Waals surface area contributed by atoms with E-state index in [4.69, 9.17) is 38.9 Å². The molecule has 0 radical (unpaired) electrons. The predicted octanol–water partition coefficient (Wildman–Crippen LogP) is 4.81. The van der Waals surface area contributed by atoms with Gasteiger partial charge in [0, 0.05) is 18.0 Å². The van der Waals surface area contributed by atoms with E-state index < -0.39 is 0 Å². The fourth-order valence-electron chi connectivity index (χ4n) is 5.22. The van der Waals surface area contributed by atoms with E-state index >= 15 is 0 Å².